The van der Waals surface area contributed by atoms with E-state index in [0.717, 1.165) is 30.8 Å². The number of nitro groups is 1. The van der Waals surface area contributed by atoms with E-state index >= 15 is 0 Å². The number of anilines is 2. The van der Waals surface area contributed by atoms with Crippen LogP contribution < -0.4 is 10.6 Å². The minimum absolute atomic E-state index is 0.105. The highest BCUT2D eigenvalue weighted by Gasteiger charge is 2.19. The molecule has 0 radical (unpaired) electrons. The van der Waals surface area contributed by atoms with E-state index in [2.05, 4.69) is 22.7 Å². The summed E-state index contributed by atoms with van der Waals surface area (Å²) in [6.45, 7) is 6.64. The molecule has 0 aliphatic carbocycles. The molecule has 166 valence electrons. The van der Waals surface area contributed by atoms with E-state index in [4.69, 9.17) is 0 Å². The van der Waals surface area contributed by atoms with E-state index in [9.17, 15) is 19.7 Å². The smallest absolute Gasteiger partial charge is 0.269 e. The van der Waals surface area contributed by atoms with Gasteiger partial charge in [-0.1, -0.05) is 25.5 Å². The number of carbonyl (C=O) groups excluding carboxylic acids is 2. The van der Waals surface area contributed by atoms with Crippen LogP contribution in [0.4, 0.5) is 17.1 Å². The minimum atomic E-state index is -0.532. The van der Waals surface area contributed by atoms with Crippen molar-refractivity contribution in [3.8, 4) is 0 Å². The zero-order valence-corrected chi connectivity index (χ0v) is 18.2. The summed E-state index contributed by atoms with van der Waals surface area (Å²) in [6.07, 6.45) is 2.04. The lowest BCUT2D eigenvalue weighted by Crippen LogP contribution is -2.18. The average Bonchev–Trinajstić information content (AvgIpc) is 3.05. The summed E-state index contributed by atoms with van der Waals surface area (Å²) in [7, 11) is 0. The first kappa shape index (κ1) is 22.7. The number of aryl methyl sites for hydroxylation is 2. The van der Waals surface area contributed by atoms with E-state index in [-0.39, 0.29) is 17.2 Å². The maximum Gasteiger partial charge on any atom is 0.269 e. The van der Waals surface area contributed by atoms with E-state index in [0.29, 0.717) is 16.9 Å². The number of unbranched alkanes of at least 4 members (excludes halogenated alkanes) is 1. The third-order valence-electron chi connectivity index (χ3n) is 5.10. The van der Waals surface area contributed by atoms with Crippen LogP contribution >= 0.6 is 0 Å². The third-order valence-corrected chi connectivity index (χ3v) is 5.10. The predicted octanol–water partition coefficient (Wildman–Crippen LogP) is 4.71. The Morgan fingerprint density at radius 3 is 2.38 bits per heavy atom. The zero-order chi connectivity index (χ0) is 23.3. The summed E-state index contributed by atoms with van der Waals surface area (Å²) in [5.74, 6) is -0.842. The van der Waals surface area contributed by atoms with E-state index in [1.165, 1.54) is 24.3 Å². The van der Waals surface area contributed by atoms with Gasteiger partial charge in [0.05, 0.1) is 33.2 Å². The number of benzene rings is 2. The molecule has 0 fully saturated rings. The van der Waals surface area contributed by atoms with Gasteiger partial charge < -0.3 is 10.6 Å². The van der Waals surface area contributed by atoms with Crippen molar-refractivity contribution in [2.24, 2.45) is 0 Å². The Labute approximate surface area is 185 Å². The molecule has 9 heteroatoms. The monoisotopic (exact) mass is 435 g/mol. The molecule has 2 N–H and O–H groups in total. The Bertz CT molecular complexity index is 1150. The first-order chi connectivity index (χ1) is 15.3. The van der Waals surface area contributed by atoms with Crippen molar-refractivity contribution in [3.05, 3.63) is 81.2 Å². The molecule has 32 heavy (non-hydrogen) atoms. The second-order valence-corrected chi connectivity index (χ2v) is 7.38. The molecular weight excluding hydrogens is 410 g/mol. The van der Waals surface area contributed by atoms with Crippen LogP contribution in [0.15, 0.2) is 48.5 Å². The molecule has 0 spiro atoms. The molecule has 1 heterocycles. The lowest BCUT2D eigenvalue weighted by atomic mass is 10.1. The van der Waals surface area contributed by atoms with Crippen molar-refractivity contribution in [1.29, 1.82) is 0 Å². The average molecular weight is 435 g/mol. The molecule has 0 saturated heterocycles. The first-order valence-electron chi connectivity index (χ1n) is 10.3. The van der Waals surface area contributed by atoms with Crippen LogP contribution in [-0.4, -0.2) is 26.5 Å². The summed E-state index contributed by atoms with van der Waals surface area (Å²) >= 11 is 0. The van der Waals surface area contributed by atoms with Gasteiger partial charge in [0.25, 0.3) is 17.5 Å². The molecule has 3 rings (SSSR count). The topological polar surface area (TPSA) is 119 Å². The number of hydrogen-bond acceptors (Lipinski definition) is 5. The first-order valence-corrected chi connectivity index (χ1v) is 10.3. The number of amides is 2. The van der Waals surface area contributed by atoms with Crippen LogP contribution in [0.1, 0.15) is 51.9 Å². The quantitative estimate of drug-likeness (QED) is 0.392. The molecule has 0 atom stereocenters. The predicted molar refractivity (Wildman–Crippen MR) is 122 cm³/mol. The maximum atomic E-state index is 13.0. The van der Waals surface area contributed by atoms with E-state index < -0.39 is 10.8 Å². The molecule has 3 aromatic rings. The number of carbonyl (C=O) groups is 2. The van der Waals surface area contributed by atoms with Crippen LogP contribution in [0, 0.1) is 24.0 Å². The SMILES string of the molecule is CCCCn1nc(C)c(NC(=O)c2ccccc2NC(=O)c2ccc([N+](=O)[O-])cc2)c1C. The van der Waals surface area contributed by atoms with Crippen LogP contribution in [-0.2, 0) is 6.54 Å². The molecule has 9 nitrogen and oxygen atoms in total. The van der Waals surface area contributed by atoms with Crippen molar-refractivity contribution in [3.63, 3.8) is 0 Å². The molecule has 2 aromatic carbocycles. The molecule has 0 aliphatic rings. The zero-order valence-electron chi connectivity index (χ0n) is 18.2. The van der Waals surface area contributed by atoms with Crippen molar-refractivity contribution in [2.75, 3.05) is 10.6 Å². The maximum absolute atomic E-state index is 13.0. The van der Waals surface area contributed by atoms with Gasteiger partial charge in [0.15, 0.2) is 0 Å². The largest absolute Gasteiger partial charge is 0.321 e. The van der Waals surface area contributed by atoms with Gasteiger partial charge in [0.1, 0.15) is 0 Å². The van der Waals surface area contributed by atoms with Gasteiger partial charge in [-0.3, -0.25) is 24.4 Å². The van der Waals surface area contributed by atoms with Gasteiger partial charge >= 0.3 is 0 Å². The Hall–Kier alpha value is -4.01. The number of non-ortho nitro benzene ring substituents is 1. The lowest BCUT2D eigenvalue weighted by Gasteiger charge is -2.12. The summed E-state index contributed by atoms with van der Waals surface area (Å²) < 4.78 is 1.89. The number of rotatable bonds is 8. The number of hydrogen-bond donors (Lipinski definition) is 2. The van der Waals surface area contributed by atoms with Gasteiger partial charge in [0, 0.05) is 24.2 Å². The summed E-state index contributed by atoms with van der Waals surface area (Å²) in [5, 5.41) is 20.9. The van der Waals surface area contributed by atoms with Gasteiger partial charge in [-0.05, 0) is 44.5 Å². The number of nitrogens with zero attached hydrogens (tertiary/aromatic N) is 3. The van der Waals surface area contributed by atoms with E-state index in [1.807, 2.05) is 18.5 Å². The highest BCUT2D eigenvalue weighted by molar-refractivity contribution is 6.12. The minimum Gasteiger partial charge on any atom is -0.321 e. The number of nitro benzene ring substituents is 1. The summed E-state index contributed by atoms with van der Waals surface area (Å²) in [6, 6.07) is 11.9. The normalized spacial score (nSPS) is 10.6. The van der Waals surface area contributed by atoms with Gasteiger partial charge in [-0.15, -0.1) is 0 Å². The molecule has 2 amide bonds. The van der Waals surface area contributed by atoms with Crippen molar-refractivity contribution >= 4 is 28.9 Å². The van der Waals surface area contributed by atoms with Gasteiger partial charge in [-0.25, -0.2) is 0 Å². The fourth-order valence-corrected chi connectivity index (χ4v) is 3.30. The lowest BCUT2D eigenvalue weighted by molar-refractivity contribution is -0.384. The highest BCUT2D eigenvalue weighted by atomic mass is 16.6. The Morgan fingerprint density at radius 2 is 1.72 bits per heavy atom. The molecule has 0 bridgehead atoms. The number of nitrogens with one attached hydrogen (secondary N) is 2. The van der Waals surface area contributed by atoms with E-state index in [1.54, 1.807) is 24.3 Å². The fourth-order valence-electron chi connectivity index (χ4n) is 3.30. The Morgan fingerprint density at radius 1 is 1.03 bits per heavy atom. The number of aromatic nitrogens is 2. The molecule has 0 saturated carbocycles. The van der Waals surface area contributed by atoms with Crippen molar-refractivity contribution < 1.29 is 14.5 Å². The Kier molecular flexibility index (Phi) is 6.99. The molecule has 0 aliphatic heterocycles. The van der Waals surface area contributed by atoms with Crippen LogP contribution in [0.3, 0.4) is 0 Å². The standard InChI is InChI=1S/C23H25N5O4/c1-4-5-14-27-16(3)21(15(2)26-27)25-23(30)19-8-6-7-9-20(19)24-22(29)17-10-12-18(13-11-17)28(31)32/h6-13H,4-5,14H2,1-3H3,(H,24,29)(H,25,30). The van der Waals surface area contributed by atoms with Gasteiger partial charge in [0.2, 0.25) is 0 Å². The fraction of sp³-hybridized carbons (Fsp3) is 0.261. The highest BCUT2D eigenvalue weighted by Crippen LogP contribution is 2.23. The summed E-state index contributed by atoms with van der Waals surface area (Å²) in [4.78, 5) is 35.9. The Balaban J connectivity index is 1.79. The van der Waals surface area contributed by atoms with Crippen LogP contribution in [0.25, 0.3) is 0 Å². The summed E-state index contributed by atoms with van der Waals surface area (Å²) in [5.41, 5.74) is 3.02. The third kappa shape index (κ3) is 5.00. The number of para-hydroxylation sites is 1. The van der Waals surface area contributed by atoms with Crippen molar-refractivity contribution in [1.82, 2.24) is 9.78 Å². The van der Waals surface area contributed by atoms with Gasteiger partial charge in [-0.2, -0.15) is 5.10 Å². The molecule has 0 unspecified atom stereocenters. The molecule has 1 aromatic heterocycles. The van der Waals surface area contributed by atoms with Crippen molar-refractivity contribution in [2.45, 2.75) is 40.2 Å². The second-order valence-electron chi connectivity index (χ2n) is 7.38. The second kappa shape index (κ2) is 9.86. The van der Waals surface area contributed by atoms with Crippen LogP contribution in [0.2, 0.25) is 0 Å². The molecular formula is C23H25N5O4. The van der Waals surface area contributed by atoms with Crippen LogP contribution in [0.5, 0.6) is 0 Å².